The third kappa shape index (κ3) is 1.62. The minimum Gasteiger partial charge on any atom is -0.347 e. The van der Waals surface area contributed by atoms with Gasteiger partial charge in [-0.3, -0.25) is 0 Å². The van der Waals surface area contributed by atoms with Crippen LogP contribution in [-0.2, 0) is 0 Å². The lowest BCUT2D eigenvalue weighted by Crippen LogP contribution is -2.40. The van der Waals surface area contributed by atoms with Gasteiger partial charge in [0.2, 0.25) is 5.95 Å². The van der Waals surface area contributed by atoms with Gasteiger partial charge in [-0.2, -0.15) is 0 Å². The molecule has 70 valence electrons. The van der Waals surface area contributed by atoms with E-state index in [1.165, 1.54) is 0 Å². The normalized spacial score (nSPS) is 16.8. The van der Waals surface area contributed by atoms with E-state index in [0.717, 1.165) is 24.7 Å². The summed E-state index contributed by atoms with van der Waals surface area (Å²) in [6.07, 6.45) is 1.83. The Morgan fingerprint density at radius 2 is 2.23 bits per heavy atom. The van der Waals surface area contributed by atoms with Crippen molar-refractivity contribution in [2.24, 2.45) is 0 Å². The van der Waals surface area contributed by atoms with Gasteiger partial charge in [0.05, 0.1) is 5.69 Å². The van der Waals surface area contributed by atoms with Gasteiger partial charge in [0.25, 0.3) is 0 Å². The van der Waals surface area contributed by atoms with Gasteiger partial charge in [-0.15, -0.1) is 0 Å². The summed E-state index contributed by atoms with van der Waals surface area (Å²) in [6.45, 7) is 2.09. The van der Waals surface area contributed by atoms with Crippen LogP contribution in [0.15, 0.2) is 12.3 Å². The predicted molar refractivity (Wildman–Crippen MR) is 52.0 cm³/mol. The molecule has 2 heterocycles. The minimum atomic E-state index is 0.585. The first-order valence-corrected chi connectivity index (χ1v) is 4.48. The van der Waals surface area contributed by atoms with Crippen molar-refractivity contribution in [3.05, 3.63) is 18.0 Å². The quantitative estimate of drug-likeness (QED) is 0.704. The molecule has 4 nitrogen and oxygen atoms in total. The van der Waals surface area contributed by atoms with E-state index in [-0.39, 0.29) is 0 Å². The van der Waals surface area contributed by atoms with Crippen LogP contribution in [0.4, 0.5) is 5.95 Å². The SMILES string of the molecule is CN(C)c1nccc(C2CNC2)n1. The molecular formula is C9H14N4. The fraction of sp³-hybridized carbons (Fsp3) is 0.556. The summed E-state index contributed by atoms with van der Waals surface area (Å²) in [5, 5.41) is 3.23. The van der Waals surface area contributed by atoms with Gasteiger partial charge in [-0.25, -0.2) is 9.97 Å². The van der Waals surface area contributed by atoms with Gasteiger partial charge in [0.15, 0.2) is 0 Å². The summed E-state index contributed by atoms with van der Waals surface area (Å²) in [5.41, 5.74) is 1.15. The van der Waals surface area contributed by atoms with Crippen LogP contribution in [0.3, 0.4) is 0 Å². The Hall–Kier alpha value is -1.16. The van der Waals surface area contributed by atoms with Crippen LogP contribution in [0.25, 0.3) is 0 Å². The van der Waals surface area contributed by atoms with E-state index in [0.29, 0.717) is 5.92 Å². The van der Waals surface area contributed by atoms with Crippen molar-refractivity contribution in [3.63, 3.8) is 0 Å². The van der Waals surface area contributed by atoms with Gasteiger partial charge in [-0.1, -0.05) is 0 Å². The van der Waals surface area contributed by atoms with Crippen LogP contribution in [0.1, 0.15) is 11.6 Å². The third-order valence-electron chi connectivity index (χ3n) is 2.26. The van der Waals surface area contributed by atoms with Gasteiger partial charge in [-0.05, 0) is 6.07 Å². The molecule has 1 aromatic heterocycles. The van der Waals surface area contributed by atoms with Crippen molar-refractivity contribution < 1.29 is 0 Å². The fourth-order valence-corrected chi connectivity index (χ4v) is 1.30. The monoisotopic (exact) mass is 178 g/mol. The molecule has 0 unspecified atom stereocenters. The van der Waals surface area contributed by atoms with E-state index in [2.05, 4.69) is 15.3 Å². The van der Waals surface area contributed by atoms with Crippen LogP contribution >= 0.6 is 0 Å². The molecule has 0 saturated carbocycles. The van der Waals surface area contributed by atoms with Crippen molar-refractivity contribution in [2.45, 2.75) is 5.92 Å². The number of rotatable bonds is 2. The van der Waals surface area contributed by atoms with Gasteiger partial charge in [0.1, 0.15) is 0 Å². The number of hydrogen-bond acceptors (Lipinski definition) is 4. The Bertz CT molecular complexity index is 293. The molecule has 0 bridgehead atoms. The first kappa shape index (κ1) is 8.44. The van der Waals surface area contributed by atoms with E-state index < -0.39 is 0 Å². The first-order chi connectivity index (χ1) is 6.27. The highest BCUT2D eigenvalue weighted by Gasteiger charge is 2.20. The smallest absolute Gasteiger partial charge is 0.224 e. The zero-order chi connectivity index (χ0) is 9.26. The molecule has 1 fully saturated rings. The third-order valence-corrected chi connectivity index (χ3v) is 2.26. The number of anilines is 1. The lowest BCUT2D eigenvalue weighted by atomic mass is 9.99. The zero-order valence-corrected chi connectivity index (χ0v) is 7.99. The lowest BCUT2D eigenvalue weighted by molar-refractivity contribution is 0.439. The molecule has 0 atom stereocenters. The second-order valence-electron chi connectivity index (χ2n) is 3.53. The molecule has 4 heteroatoms. The summed E-state index contributed by atoms with van der Waals surface area (Å²) < 4.78 is 0. The molecule has 0 aliphatic carbocycles. The van der Waals surface area contributed by atoms with E-state index in [4.69, 9.17) is 0 Å². The molecule has 1 aliphatic heterocycles. The Kier molecular flexibility index (Phi) is 2.14. The summed E-state index contributed by atoms with van der Waals surface area (Å²) in [5.74, 6) is 1.38. The minimum absolute atomic E-state index is 0.585. The van der Waals surface area contributed by atoms with Gasteiger partial charge in [0, 0.05) is 39.3 Å². The van der Waals surface area contributed by atoms with Crippen LogP contribution in [-0.4, -0.2) is 37.2 Å². The number of nitrogens with one attached hydrogen (secondary N) is 1. The number of nitrogens with zero attached hydrogens (tertiary/aromatic N) is 3. The standard InChI is InChI=1S/C9H14N4/c1-13(2)9-11-4-3-8(12-9)7-5-10-6-7/h3-4,7,10H,5-6H2,1-2H3. The Balaban J connectivity index is 2.21. The van der Waals surface area contributed by atoms with Crippen molar-refractivity contribution >= 4 is 5.95 Å². The van der Waals surface area contributed by atoms with Crippen LogP contribution in [0, 0.1) is 0 Å². The molecule has 1 aromatic rings. The Morgan fingerprint density at radius 1 is 1.46 bits per heavy atom. The molecular weight excluding hydrogens is 164 g/mol. The first-order valence-electron chi connectivity index (χ1n) is 4.48. The molecule has 0 spiro atoms. The molecule has 13 heavy (non-hydrogen) atoms. The molecule has 2 rings (SSSR count). The van der Waals surface area contributed by atoms with E-state index in [1.54, 1.807) is 0 Å². The topological polar surface area (TPSA) is 41.1 Å². The largest absolute Gasteiger partial charge is 0.347 e. The van der Waals surface area contributed by atoms with Crippen LogP contribution in [0.5, 0.6) is 0 Å². The maximum absolute atomic E-state index is 4.47. The number of hydrogen-bond donors (Lipinski definition) is 1. The molecule has 0 aromatic carbocycles. The summed E-state index contributed by atoms with van der Waals surface area (Å²) in [6, 6.07) is 2.00. The Morgan fingerprint density at radius 3 is 2.77 bits per heavy atom. The lowest BCUT2D eigenvalue weighted by Gasteiger charge is -2.26. The summed E-state index contributed by atoms with van der Waals surface area (Å²) in [4.78, 5) is 10.6. The summed E-state index contributed by atoms with van der Waals surface area (Å²) in [7, 11) is 3.91. The average Bonchev–Trinajstić information content (AvgIpc) is 2.01. The van der Waals surface area contributed by atoms with Crippen LogP contribution in [0.2, 0.25) is 0 Å². The molecule has 0 radical (unpaired) electrons. The highest BCUT2D eigenvalue weighted by molar-refractivity contribution is 5.29. The molecule has 1 N–H and O–H groups in total. The number of aromatic nitrogens is 2. The summed E-state index contributed by atoms with van der Waals surface area (Å²) >= 11 is 0. The maximum atomic E-state index is 4.47. The van der Waals surface area contributed by atoms with Crippen LogP contribution < -0.4 is 10.2 Å². The van der Waals surface area contributed by atoms with E-state index >= 15 is 0 Å². The van der Waals surface area contributed by atoms with Crippen molar-refractivity contribution in [1.82, 2.24) is 15.3 Å². The van der Waals surface area contributed by atoms with E-state index in [1.807, 2.05) is 31.3 Å². The fourth-order valence-electron chi connectivity index (χ4n) is 1.30. The average molecular weight is 178 g/mol. The zero-order valence-electron chi connectivity index (χ0n) is 7.99. The maximum Gasteiger partial charge on any atom is 0.224 e. The molecule has 0 amide bonds. The van der Waals surface area contributed by atoms with Gasteiger partial charge < -0.3 is 10.2 Å². The van der Waals surface area contributed by atoms with Crippen molar-refractivity contribution in [1.29, 1.82) is 0 Å². The van der Waals surface area contributed by atoms with E-state index in [9.17, 15) is 0 Å². The Labute approximate surface area is 78.0 Å². The van der Waals surface area contributed by atoms with Crippen molar-refractivity contribution in [3.8, 4) is 0 Å². The van der Waals surface area contributed by atoms with Gasteiger partial charge >= 0.3 is 0 Å². The second kappa shape index (κ2) is 3.30. The predicted octanol–water partition coefficient (Wildman–Crippen LogP) is 0.229. The highest BCUT2D eigenvalue weighted by atomic mass is 15.2. The van der Waals surface area contributed by atoms with Crippen molar-refractivity contribution in [2.75, 3.05) is 32.1 Å². The molecule has 1 saturated heterocycles. The second-order valence-corrected chi connectivity index (χ2v) is 3.53. The molecule has 1 aliphatic rings. The highest BCUT2D eigenvalue weighted by Crippen LogP contribution is 2.18.